The van der Waals surface area contributed by atoms with Crippen LogP contribution in [0.2, 0.25) is 0 Å². The van der Waals surface area contributed by atoms with Gasteiger partial charge in [0.2, 0.25) is 0 Å². The van der Waals surface area contributed by atoms with Crippen LogP contribution in [-0.4, -0.2) is 4.16 Å². The molecule has 6 rings (SSSR count). The van der Waals surface area contributed by atoms with Gasteiger partial charge in [-0.2, -0.15) is 0 Å². The Morgan fingerprint density at radius 1 is 0.900 bits per heavy atom. The number of halogens is 3. The minimum atomic E-state index is -2.44. The van der Waals surface area contributed by atoms with E-state index < -0.39 is 19.7 Å². The van der Waals surface area contributed by atoms with Gasteiger partial charge in [0, 0.05) is 0 Å². The van der Waals surface area contributed by atoms with Gasteiger partial charge in [-0.05, 0) is 0 Å². The maximum atomic E-state index is 6.41. The van der Waals surface area contributed by atoms with Crippen molar-refractivity contribution < 1.29 is 44.5 Å². The second-order valence-corrected chi connectivity index (χ2v) is 16.6. The van der Waals surface area contributed by atoms with Crippen LogP contribution in [0.4, 0.5) is 0 Å². The van der Waals surface area contributed by atoms with Crippen LogP contribution >= 0.6 is 36.5 Å². The molecule has 1 unspecified atom stereocenters. The molecule has 148 valence electrons. The van der Waals surface area contributed by atoms with Crippen LogP contribution in [-0.2, 0) is 26.1 Å². The van der Waals surface area contributed by atoms with E-state index in [0.29, 0.717) is 4.16 Å². The van der Waals surface area contributed by atoms with Crippen LogP contribution in [0.5, 0.6) is 0 Å². The van der Waals surface area contributed by atoms with Gasteiger partial charge in [-0.1, -0.05) is 0 Å². The van der Waals surface area contributed by atoms with E-state index in [-0.39, 0.29) is 24.8 Å². The fraction of sp³-hybridized carbons (Fsp3) is 0.0833. The first-order valence-corrected chi connectivity index (χ1v) is 17.0. The Kier molecular flexibility index (Phi) is 6.76. The molecular weight excluding hydrogens is 594 g/mol. The zero-order valence-electron chi connectivity index (χ0n) is 15.7. The Morgan fingerprint density at radius 2 is 1.63 bits per heavy atom. The first-order valence-electron chi connectivity index (χ1n) is 9.33. The molecule has 0 bridgehead atoms. The Bertz CT molecular complexity index is 1360. The fourth-order valence-corrected chi connectivity index (χ4v) is 17.0. The predicted molar refractivity (Wildman–Crippen MR) is 123 cm³/mol. The summed E-state index contributed by atoms with van der Waals surface area (Å²) in [5, 5.41) is 2.71. The quantitative estimate of drug-likeness (QED) is 0.266. The topological polar surface area (TPSA) is 0 Å². The Hall–Kier alpha value is -0.347. The molecule has 0 saturated carbocycles. The molecule has 3 aromatic carbocycles. The molecule has 3 aromatic rings. The summed E-state index contributed by atoms with van der Waals surface area (Å²) in [6, 6.07) is 24.4. The zero-order chi connectivity index (χ0) is 18.8. The molecule has 1 heterocycles. The van der Waals surface area contributed by atoms with Crippen molar-refractivity contribution in [3.63, 3.8) is 0 Å². The summed E-state index contributed by atoms with van der Waals surface area (Å²) >= 11 is 3.47. The molecule has 0 radical (unpaired) electrons. The van der Waals surface area contributed by atoms with E-state index in [1.54, 1.807) is 0 Å². The predicted octanol–water partition coefficient (Wildman–Crippen LogP) is -1.05. The van der Waals surface area contributed by atoms with Gasteiger partial charge in [0.15, 0.2) is 0 Å². The van der Waals surface area contributed by atoms with Crippen LogP contribution in [0.25, 0.3) is 22.1 Å². The SMILES string of the molecule is [Cl-].[Cl-].[S]=[Zr+2]([C]1=C2C=c3ccccc3=C2SC1Br)[c]1cccc2c1-c1ccccc1C2. The number of rotatable bonds is 2. The maximum absolute atomic E-state index is 6.41. The average Bonchev–Trinajstić information content (AvgIpc) is 3.36. The zero-order valence-corrected chi connectivity index (χ0v) is 22.9. The van der Waals surface area contributed by atoms with Gasteiger partial charge in [0.05, 0.1) is 0 Å². The van der Waals surface area contributed by atoms with E-state index in [0.717, 1.165) is 6.42 Å². The van der Waals surface area contributed by atoms with Crippen molar-refractivity contribution in [2.75, 3.05) is 0 Å². The third-order valence-corrected chi connectivity index (χ3v) is 16.9. The van der Waals surface area contributed by atoms with E-state index >= 15 is 0 Å². The van der Waals surface area contributed by atoms with E-state index in [1.165, 1.54) is 49.7 Å². The van der Waals surface area contributed by atoms with E-state index in [9.17, 15) is 0 Å². The molecule has 0 fully saturated rings. The standard InChI is InChI=1S/C13H9.C11H6BrS.2ClH.S.Zr/c1-3-7-12-10(5-1)9-11-6-2-4-8-13(11)12;12-10-6-8-5-7-3-1-2-4-9(7)11(8)13-10;;;;/h1-7H,9H2;1-5,10H;2*1H;;/q;;;;;+2/p-2. The third-order valence-electron chi connectivity index (χ3n) is 5.80. The first-order chi connectivity index (χ1) is 13.7. The van der Waals surface area contributed by atoms with Crippen LogP contribution in [0.3, 0.4) is 0 Å². The van der Waals surface area contributed by atoms with Gasteiger partial charge in [-0.15, -0.1) is 0 Å². The van der Waals surface area contributed by atoms with E-state index in [4.69, 9.17) is 8.86 Å². The molecule has 0 nitrogen and oxygen atoms in total. The average molecular weight is 610 g/mol. The second-order valence-electron chi connectivity index (χ2n) is 7.32. The molecule has 2 aliphatic carbocycles. The van der Waals surface area contributed by atoms with Gasteiger partial charge >= 0.3 is 189 Å². The summed E-state index contributed by atoms with van der Waals surface area (Å²) in [5.74, 6) is 0. The second kappa shape index (κ2) is 8.89. The van der Waals surface area contributed by atoms with Crippen LogP contribution in [0.1, 0.15) is 11.1 Å². The molecule has 0 N–H and O–H groups in total. The summed E-state index contributed by atoms with van der Waals surface area (Å²) in [6.07, 6.45) is 3.41. The molecular formula is C24H15BrCl2S2Zr. The number of benzene rings is 3. The van der Waals surface area contributed by atoms with Gasteiger partial charge in [-0.3, -0.25) is 0 Å². The molecule has 0 aromatic heterocycles. The van der Waals surface area contributed by atoms with Crippen LogP contribution < -0.4 is 38.5 Å². The molecule has 6 heteroatoms. The van der Waals surface area contributed by atoms with Crippen molar-refractivity contribution in [2.24, 2.45) is 0 Å². The Morgan fingerprint density at radius 3 is 2.50 bits per heavy atom. The molecule has 0 spiro atoms. The molecule has 0 amide bonds. The van der Waals surface area contributed by atoms with Crippen LogP contribution in [0, 0.1) is 0 Å². The monoisotopic (exact) mass is 606 g/mol. The fourth-order valence-electron chi connectivity index (χ4n) is 4.56. The van der Waals surface area contributed by atoms with E-state index in [1.807, 2.05) is 11.8 Å². The summed E-state index contributed by atoms with van der Waals surface area (Å²) in [4.78, 5) is 1.42. The van der Waals surface area contributed by atoms with Gasteiger partial charge < -0.3 is 24.8 Å². The summed E-state index contributed by atoms with van der Waals surface area (Å²) in [6.45, 7) is 0. The van der Waals surface area contributed by atoms with Gasteiger partial charge in [0.25, 0.3) is 0 Å². The minimum absolute atomic E-state index is 0. The number of hydrogen-bond donors (Lipinski definition) is 0. The number of fused-ring (bicyclic) bond motifs is 5. The van der Waals surface area contributed by atoms with Crippen molar-refractivity contribution in [1.29, 1.82) is 0 Å². The Balaban J connectivity index is 0.00000109. The molecule has 30 heavy (non-hydrogen) atoms. The van der Waals surface area contributed by atoms with Crippen molar-refractivity contribution in [3.05, 3.63) is 97.1 Å². The van der Waals surface area contributed by atoms with Gasteiger partial charge in [0.1, 0.15) is 0 Å². The number of hydrogen-bond acceptors (Lipinski definition) is 2. The Labute approximate surface area is 212 Å². The first kappa shape index (κ1) is 22.8. The molecule has 1 aliphatic heterocycles. The summed E-state index contributed by atoms with van der Waals surface area (Å²) < 4.78 is 3.31. The number of thioether (sulfide) groups is 1. The van der Waals surface area contributed by atoms with Crippen molar-refractivity contribution in [3.8, 4) is 11.1 Å². The number of alkyl halides is 1. The van der Waals surface area contributed by atoms with Gasteiger partial charge in [-0.25, -0.2) is 0 Å². The molecule has 0 saturated heterocycles. The van der Waals surface area contributed by atoms with Crippen molar-refractivity contribution in [1.82, 2.24) is 0 Å². The summed E-state index contributed by atoms with van der Waals surface area (Å²) in [7, 11) is 6.41. The van der Waals surface area contributed by atoms with E-state index in [2.05, 4.69) is 88.7 Å². The third kappa shape index (κ3) is 3.43. The summed E-state index contributed by atoms with van der Waals surface area (Å²) in [5.41, 5.74) is 7.16. The van der Waals surface area contributed by atoms with Crippen molar-refractivity contribution >= 4 is 50.8 Å². The normalized spacial score (nSPS) is 16.9. The van der Waals surface area contributed by atoms with Crippen LogP contribution in [0.15, 0.2) is 75.6 Å². The molecule has 3 aliphatic rings. The van der Waals surface area contributed by atoms with Crippen molar-refractivity contribution in [2.45, 2.75) is 10.6 Å². The molecule has 1 atom stereocenters.